The number of aromatic nitrogens is 3. The topological polar surface area (TPSA) is 81.8 Å². The summed E-state index contributed by atoms with van der Waals surface area (Å²) in [6.45, 7) is 4.02. The smallest absolute Gasteiger partial charge is 0.257 e. The molecule has 0 aliphatic heterocycles. The average Bonchev–Trinajstić information content (AvgIpc) is 2.78. The first-order valence-corrected chi connectivity index (χ1v) is 6.21. The molecule has 2 aromatic heterocycles. The molecule has 2 heterocycles. The van der Waals surface area contributed by atoms with E-state index in [1.807, 2.05) is 13.8 Å². The van der Waals surface area contributed by atoms with Crippen molar-refractivity contribution in [1.82, 2.24) is 10.2 Å². The minimum absolute atomic E-state index is 0.282. The van der Waals surface area contributed by atoms with E-state index in [4.69, 9.17) is 0 Å². The Hall–Kier alpha value is -2.02. The van der Waals surface area contributed by atoms with Crippen LogP contribution in [0.1, 0.15) is 35.1 Å². The van der Waals surface area contributed by atoms with Gasteiger partial charge in [0.15, 0.2) is 12.4 Å². The third-order valence-corrected chi connectivity index (χ3v) is 3.36. The van der Waals surface area contributed by atoms with E-state index in [0.717, 1.165) is 5.01 Å². The average molecular weight is 264 g/mol. The van der Waals surface area contributed by atoms with Gasteiger partial charge in [0, 0.05) is 18.1 Å². The molecular weight excluding hydrogens is 252 g/mol. The molecule has 0 aliphatic rings. The van der Waals surface area contributed by atoms with Gasteiger partial charge in [0.1, 0.15) is 5.01 Å². The molecule has 7 heteroatoms. The van der Waals surface area contributed by atoms with Gasteiger partial charge < -0.3 is 5.21 Å². The number of hydrogen-bond acceptors (Lipinski definition) is 5. The Kier molecular flexibility index (Phi) is 3.52. The lowest BCUT2D eigenvalue weighted by Gasteiger charge is -2.00. The number of anilines is 1. The van der Waals surface area contributed by atoms with Crippen LogP contribution in [0.4, 0.5) is 5.13 Å². The van der Waals surface area contributed by atoms with Gasteiger partial charge >= 0.3 is 0 Å². The summed E-state index contributed by atoms with van der Waals surface area (Å²) in [6, 6.07) is 2.90. The molecule has 18 heavy (non-hydrogen) atoms. The van der Waals surface area contributed by atoms with Crippen LogP contribution in [-0.2, 0) is 0 Å². The SMILES string of the molecule is CC(C)c1nnc(NC(=O)c2cc[n+]([O-])cc2)s1. The van der Waals surface area contributed by atoms with Gasteiger partial charge in [0.05, 0.1) is 5.56 Å². The maximum absolute atomic E-state index is 11.8. The maximum Gasteiger partial charge on any atom is 0.257 e. The first-order chi connectivity index (χ1) is 8.56. The highest BCUT2D eigenvalue weighted by molar-refractivity contribution is 7.15. The van der Waals surface area contributed by atoms with Crippen LogP contribution in [0, 0.1) is 5.21 Å². The van der Waals surface area contributed by atoms with Crippen molar-refractivity contribution >= 4 is 22.4 Å². The Balaban J connectivity index is 2.08. The highest BCUT2D eigenvalue weighted by Crippen LogP contribution is 2.22. The summed E-state index contributed by atoms with van der Waals surface area (Å²) in [5, 5.41) is 22.7. The maximum atomic E-state index is 11.8. The van der Waals surface area contributed by atoms with Gasteiger partial charge in [-0.05, 0) is 0 Å². The molecule has 0 unspecified atom stereocenters. The molecule has 94 valence electrons. The molecule has 1 amide bonds. The zero-order chi connectivity index (χ0) is 13.1. The molecule has 0 atom stereocenters. The van der Waals surface area contributed by atoms with Crippen LogP contribution in [0.3, 0.4) is 0 Å². The number of nitrogens with one attached hydrogen (secondary N) is 1. The quantitative estimate of drug-likeness (QED) is 0.673. The van der Waals surface area contributed by atoms with Crippen molar-refractivity contribution < 1.29 is 9.52 Å². The first-order valence-electron chi connectivity index (χ1n) is 5.40. The predicted octanol–water partition coefficient (Wildman–Crippen LogP) is 1.55. The lowest BCUT2D eigenvalue weighted by Crippen LogP contribution is -2.25. The van der Waals surface area contributed by atoms with E-state index < -0.39 is 0 Å². The third-order valence-electron chi connectivity index (χ3n) is 2.22. The second kappa shape index (κ2) is 5.09. The second-order valence-electron chi connectivity index (χ2n) is 4.00. The normalized spacial score (nSPS) is 10.6. The highest BCUT2D eigenvalue weighted by atomic mass is 32.1. The standard InChI is InChI=1S/C11H12N4O2S/c1-7(2)10-13-14-11(18-10)12-9(16)8-3-5-15(17)6-4-8/h3-7H,1-2H3,(H,12,14,16). The number of carbonyl (C=O) groups excluding carboxylic acids is 1. The van der Waals surface area contributed by atoms with E-state index >= 15 is 0 Å². The van der Waals surface area contributed by atoms with Crippen molar-refractivity contribution in [3.05, 3.63) is 40.3 Å². The van der Waals surface area contributed by atoms with Crippen molar-refractivity contribution in [2.24, 2.45) is 0 Å². The van der Waals surface area contributed by atoms with Crippen LogP contribution in [-0.4, -0.2) is 16.1 Å². The van der Waals surface area contributed by atoms with E-state index in [1.54, 1.807) is 0 Å². The van der Waals surface area contributed by atoms with Crippen LogP contribution in [0.5, 0.6) is 0 Å². The Morgan fingerprint density at radius 3 is 2.61 bits per heavy atom. The van der Waals surface area contributed by atoms with Crippen LogP contribution in [0.15, 0.2) is 24.5 Å². The first kappa shape index (κ1) is 12.4. The van der Waals surface area contributed by atoms with Gasteiger partial charge in [-0.15, -0.1) is 10.2 Å². The zero-order valence-electron chi connectivity index (χ0n) is 9.95. The van der Waals surface area contributed by atoms with Gasteiger partial charge in [-0.2, -0.15) is 4.73 Å². The van der Waals surface area contributed by atoms with Crippen molar-refractivity contribution in [2.75, 3.05) is 5.32 Å². The van der Waals surface area contributed by atoms with Crippen molar-refractivity contribution in [2.45, 2.75) is 19.8 Å². The minimum atomic E-state index is -0.304. The van der Waals surface area contributed by atoms with Crippen molar-refractivity contribution in [3.8, 4) is 0 Å². The lowest BCUT2D eigenvalue weighted by atomic mass is 10.2. The van der Waals surface area contributed by atoms with E-state index in [2.05, 4.69) is 15.5 Å². The molecule has 0 aliphatic carbocycles. The van der Waals surface area contributed by atoms with Crippen molar-refractivity contribution in [3.63, 3.8) is 0 Å². The number of amides is 1. The van der Waals surface area contributed by atoms with Crippen LogP contribution >= 0.6 is 11.3 Å². The van der Waals surface area contributed by atoms with Crippen LogP contribution < -0.4 is 10.0 Å². The molecule has 1 N–H and O–H groups in total. The molecule has 6 nitrogen and oxygen atoms in total. The number of nitrogens with zero attached hydrogens (tertiary/aromatic N) is 3. The summed E-state index contributed by atoms with van der Waals surface area (Å²) in [6.07, 6.45) is 2.54. The molecule has 0 spiro atoms. The fourth-order valence-corrected chi connectivity index (χ4v) is 1.99. The summed E-state index contributed by atoms with van der Waals surface area (Å²) < 4.78 is 0.624. The molecule has 0 saturated carbocycles. The Morgan fingerprint density at radius 1 is 1.39 bits per heavy atom. The largest absolute Gasteiger partial charge is 0.619 e. The molecule has 0 fully saturated rings. The van der Waals surface area contributed by atoms with Gasteiger partial charge in [0.25, 0.3) is 5.91 Å². The van der Waals surface area contributed by atoms with E-state index in [9.17, 15) is 10.0 Å². The molecule has 0 saturated heterocycles. The van der Waals surface area contributed by atoms with Gasteiger partial charge in [-0.1, -0.05) is 25.2 Å². The van der Waals surface area contributed by atoms with E-state index in [1.165, 1.54) is 35.9 Å². The highest BCUT2D eigenvalue weighted by Gasteiger charge is 2.12. The summed E-state index contributed by atoms with van der Waals surface area (Å²) in [5.74, 6) is -0.0219. The van der Waals surface area contributed by atoms with Gasteiger partial charge in [-0.25, -0.2) is 0 Å². The van der Waals surface area contributed by atoms with Gasteiger partial charge in [0.2, 0.25) is 5.13 Å². The zero-order valence-corrected chi connectivity index (χ0v) is 10.8. The fourth-order valence-electron chi connectivity index (χ4n) is 1.25. The summed E-state index contributed by atoms with van der Waals surface area (Å²) >= 11 is 1.35. The monoisotopic (exact) mass is 264 g/mol. The number of carbonyl (C=O) groups is 1. The van der Waals surface area contributed by atoms with E-state index in [-0.39, 0.29) is 11.8 Å². The summed E-state index contributed by atoms with van der Waals surface area (Å²) in [7, 11) is 0. The number of pyridine rings is 1. The minimum Gasteiger partial charge on any atom is -0.619 e. The Labute approximate surface area is 108 Å². The summed E-state index contributed by atoms with van der Waals surface area (Å²) in [5.41, 5.74) is 0.406. The Bertz CT molecular complexity index is 550. The van der Waals surface area contributed by atoms with Gasteiger partial charge in [-0.3, -0.25) is 10.1 Å². The number of hydrogen-bond donors (Lipinski definition) is 1. The molecule has 0 aromatic carbocycles. The molecule has 0 bridgehead atoms. The number of rotatable bonds is 3. The Morgan fingerprint density at radius 2 is 2.06 bits per heavy atom. The van der Waals surface area contributed by atoms with Crippen molar-refractivity contribution in [1.29, 1.82) is 0 Å². The molecular formula is C11H12N4O2S. The second-order valence-corrected chi connectivity index (χ2v) is 5.01. The predicted molar refractivity (Wildman–Crippen MR) is 67.4 cm³/mol. The molecule has 2 rings (SSSR count). The van der Waals surface area contributed by atoms with Crippen LogP contribution in [0.2, 0.25) is 0 Å². The third kappa shape index (κ3) is 2.80. The van der Waals surface area contributed by atoms with E-state index in [0.29, 0.717) is 15.4 Å². The van der Waals surface area contributed by atoms with Crippen LogP contribution in [0.25, 0.3) is 0 Å². The fraction of sp³-hybridized carbons (Fsp3) is 0.273. The summed E-state index contributed by atoms with van der Waals surface area (Å²) in [4.78, 5) is 11.8. The molecule has 0 radical (unpaired) electrons. The lowest BCUT2D eigenvalue weighted by molar-refractivity contribution is -0.605. The molecule has 2 aromatic rings.